The number of ether oxygens (including phenoxy) is 1. The molecule has 1 heterocycles. The number of anilines is 1. The van der Waals surface area contributed by atoms with Crippen LogP contribution in [0.4, 0.5) is 5.69 Å². The molecule has 1 N–H and O–H groups in total. The number of benzene rings is 1. The number of methoxy groups -OCH3 is 1. The molecule has 1 saturated heterocycles. The van der Waals surface area contributed by atoms with Gasteiger partial charge in [0.05, 0.1) is 7.11 Å². The minimum absolute atomic E-state index is 0.387. The van der Waals surface area contributed by atoms with Crippen LogP contribution in [0, 0.1) is 11.3 Å². The van der Waals surface area contributed by atoms with Crippen LogP contribution >= 0.6 is 0 Å². The molecule has 1 aromatic rings. The molecule has 0 saturated carbocycles. The van der Waals surface area contributed by atoms with Crippen LogP contribution in [0.25, 0.3) is 0 Å². The first-order chi connectivity index (χ1) is 9.07. The van der Waals surface area contributed by atoms with Crippen molar-refractivity contribution in [1.82, 2.24) is 5.32 Å². The van der Waals surface area contributed by atoms with Crippen LogP contribution in [0.15, 0.2) is 24.3 Å². The van der Waals surface area contributed by atoms with Gasteiger partial charge in [0, 0.05) is 37.3 Å². The average Bonchev–Trinajstić information content (AvgIpc) is 2.88. The summed E-state index contributed by atoms with van der Waals surface area (Å²) in [7, 11) is 3.90. The molecule has 106 valence electrons. The Morgan fingerprint density at radius 2 is 2.21 bits per heavy atom. The normalized spacial score (nSPS) is 22.8. The Hall–Kier alpha value is -1.22. The van der Waals surface area contributed by atoms with Gasteiger partial charge in [-0.05, 0) is 31.0 Å². The third-order valence-electron chi connectivity index (χ3n) is 4.55. The zero-order valence-corrected chi connectivity index (χ0v) is 12.6. The van der Waals surface area contributed by atoms with E-state index in [-0.39, 0.29) is 0 Å². The molecule has 1 fully saturated rings. The maximum atomic E-state index is 5.31. The van der Waals surface area contributed by atoms with Gasteiger partial charge in [-0.1, -0.05) is 19.9 Å². The van der Waals surface area contributed by atoms with Gasteiger partial charge in [0.2, 0.25) is 0 Å². The second kappa shape index (κ2) is 5.83. The third-order valence-corrected chi connectivity index (χ3v) is 4.55. The van der Waals surface area contributed by atoms with Crippen molar-refractivity contribution >= 4 is 5.69 Å². The standard InChI is InChI=1S/C16H26N2O/c1-13(2)16(8-9-17-11-16)12-18(3)14-6-5-7-15(10-14)19-4/h5-7,10,13,17H,8-9,11-12H2,1-4H3. The average molecular weight is 262 g/mol. The second-order valence-corrected chi connectivity index (χ2v) is 6.00. The fraction of sp³-hybridized carbons (Fsp3) is 0.625. The molecular weight excluding hydrogens is 236 g/mol. The first-order valence-electron chi connectivity index (χ1n) is 7.13. The van der Waals surface area contributed by atoms with Crippen LogP contribution in [0.5, 0.6) is 5.75 Å². The minimum atomic E-state index is 0.387. The predicted molar refractivity (Wildman–Crippen MR) is 81.0 cm³/mol. The Morgan fingerprint density at radius 1 is 1.42 bits per heavy atom. The first kappa shape index (κ1) is 14.2. The summed E-state index contributed by atoms with van der Waals surface area (Å²) in [6.07, 6.45) is 1.26. The molecule has 0 spiro atoms. The summed E-state index contributed by atoms with van der Waals surface area (Å²) in [6, 6.07) is 8.31. The SMILES string of the molecule is COc1cccc(N(C)CC2(C(C)C)CCNC2)c1. The van der Waals surface area contributed by atoms with E-state index in [9.17, 15) is 0 Å². The molecule has 1 aliphatic heterocycles. The van der Waals surface area contributed by atoms with Crippen LogP contribution in [0.2, 0.25) is 0 Å². The quantitative estimate of drug-likeness (QED) is 0.883. The molecule has 0 aromatic heterocycles. The van der Waals surface area contributed by atoms with E-state index in [1.54, 1.807) is 7.11 Å². The summed E-state index contributed by atoms with van der Waals surface area (Å²) in [5.41, 5.74) is 1.61. The molecule has 3 nitrogen and oxygen atoms in total. The highest BCUT2D eigenvalue weighted by Gasteiger charge is 2.37. The van der Waals surface area contributed by atoms with Crippen LogP contribution < -0.4 is 15.0 Å². The highest BCUT2D eigenvalue weighted by Crippen LogP contribution is 2.36. The van der Waals surface area contributed by atoms with E-state index in [2.05, 4.69) is 49.3 Å². The molecular formula is C16H26N2O. The highest BCUT2D eigenvalue weighted by atomic mass is 16.5. The molecule has 0 bridgehead atoms. The number of hydrogen-bond donors (Lipinski definition) is 1. The van der Waals surface area contributed by atoms with Crippen molar-refractivity contribution in [3.05, 3.63) is 24.3 Å². The number of hydrogen-bond acceptors (Lipinski definition) is 3. The second-order valence-electron chi connectivity index (χ2n) is 6.00. The van der Waals surface area contributed by atoms with Crippen molar-refractivity contribution in [2.24, 2.45) is 11.3 Å². The molecule has 19 heavy (non-hydrogen) atoms. The van der Waals surface area contributed by atoms with Gasteiger partial charge in [-0.2, -0.15) is 0 Å². The predicted octanol–water partition coefficient (Wildman–Crippen LogP) is 2.77. The van der Waals surface area contributed by atoms with Gasteiger partial charge in [0.15, 0.2) is 0 Å². The van der Waals surface area contributed by atoms with Gasteiger partial charge in [0.1, 0.15) is 5.75 Å². The van der Waals surface area contributed by atoms with Crippen molar-refractivity contribution in [2.45, 2.75) is 20.3 Å². The van der Waals surface area contributed by atoms with E-state index >= 15 is 0 Å². The van der Waals surface area contributed by atoms with Crippen LogP contribution in [-0.4, -0.2) is 33.8 Å². The lowest BCUT2D eigenvalue weighted by Crippen LogP contribution is -2.41. The van der Waals surface area contributed by atoms with Crippen LogP contribution in [0.1, 0.15) is 20.3 Å². The lowest BCUT2D eigenvalue weighted by molar-refractivity contribution is 0.225. The third kappa shape index (κ3) is 3.03. The van der Waals surface area contributed by atoms with Crippen molar-refractivity contribution in [2.75, 3.05) is 38.7 Å². The maximum Gasteiger partial charge on any atom is 0.120 e. The fourth-order valence-corrected chi connectivity index (χ4v) is 2.98. The monoisotopic (exact) mass is 262 g/mol. The number of rotatable bonds is 5. The van der Waals surface area contributed by atoms with Gasteiger partial charge >= 0.3 is 0 Å². The summed E-state index contributed by atoms with van der Waals surface area (Å²) < 4.78 is 5.31. The van der Waals surface area contributed by atoms with Crippen molar-refractivity contribution < 1.29 is 4.74 Å². The largest absolute Gasteiger partial charge is 0.497 e. The Labute approximate surface area is 116 Å². The maximum absolute atomic E-state index is 5.31. The van der Waals surface area contributed by atoms with E-state index in [4.69, 9.17) is 4.74 Å². The van der Waals surface area contributed by atoms with Crippen LogP contribution in [-0.2, 0) is 0 Å². The van der Waals surface area contributed by atoms with E-state index in [0.717, 1.165) is 25.4 Å². The van der Waals surface area contributed by atoms with Crippen LogP contribution in [0.3, 0.4) is 0 Å². The zero-order valence-electron chi connectivity index (χ0n) is 12.6. The van der Waals surface area contributed by atoms with Gasteiger partial charge in [-0.25, -0.2) is 0 Å². The molecule has 1 unspecified atom stereocenters. The minimum Gasteiger partial charge on any atom is -0.497 e. The van der Waals surface area contributed by atoms with E-state index in [1.807, 2.05) is 6.07 Å². The molecule has 1 aromatic carbocycles. The van der Waals surface area contributed by atoms with E-state index in [0.29, 0.717) is 11.3 Å². The molecule has 0 aliphatic carbocycles. The molecule has 1 aliphatic rings. The van der Waals surface area contributed by atoms with Crippen molar-refractivity contribution in [1.29, 1.82) is 0 Å². The highest BCUT2D eigenvalue weighted by molar-refractivity contribution is 5.50. The van der Waals surface area contributed by atoms with Gasteiger partial charge < -0.3 is 15.0 Å². The van der Waals surface area contributed by atoms with E-state index in [1.165, 1.54) is 12.1 Å². The summed E-state index contributed by atoms with van der Waals surface area (Å²) >= 11 is 0. The Kier molecular flexibility index (Phi) is 4.35. The van der Waals surface area contributed by atoms with Crippen molar-refractivity contribution in [3.8, 4) is 5.75 Å². The summed E-state index contributed by atoms with van der Waals surface area (Å²) in [4.78, 5) is 2.36. The number of nitrogens with zero attached hydrogens (tertiary/aromatic N) is 1. The van der Waals surface area contributed by atoms with Gasteiger partial charge in [-0.3, -0.25) is 0 Å². The molecule has 1 atom stereocenters. The fourth-order valence-electron chi connectivity index (χ4n) is 2.98. The molecule has 2 rings (SSSR count). The smallest absolute Gasteiger partial charge is 0.120 e. The first-order valence-corrected chi connectivity index (χ1v) is 7.13. The molecule has 0 amide bonds. The lowest BCUT2D eigenvalue weighted by Gasteiger charge is -2.37. The van der Waals surface area contributed by atoms with E-state index < -0.39 is 0 Å². The lowest BCUT2D eigenvalue weighted by atomic mass is 9.76. The number of nitrogens with one attached hydrogen (secondary N) is 1. The Morgan fingerprint density at radius 3 is 2.79 bits per heavy atom. The van der Waals surface area contributed by atoms with Crippen molar-refractivity contribution in [3.63, 3.8) is 0 Å². The Balaban J connectivity index is 2.12. The van der Waals surface area contributed by atoms with Gasteiger partial charge in [0.25, 0.3) is 0 Å². The molecule has 0 radical (unpaired) electrons. The summed E-state index contributed by atoms with van der Waals surface area (Å²) in [5, 5.41) is 3.52. The molecule has 3 heteroatoms. The van der Waals surface area contributed by atoms with Gasteiger partial charge in [-0.15, -0.1) is 0 Å². The topological polar surface area (TPSA) is 24.5 Å². The summed E-state index contributed by atoms with van der Waals surface area (Å²) in [5.74, 6) is 1.61. The zero-order chi connectivity index (χ0) is 13.9. The summed E-state index contributed by atoms with van der Waals surface area (Å²) in [6.45, 7) is 8.03. The Bertz CT molecular complexity index is 411.